The number of hydrogen-bond donors (Lipinski definition) is 2. The van der Waals surface area contributed by atoms with Crippen LogP contribution in [0.3, 0.4) is 0 Å². The first-order valence-corrected chi connectivity index (χ1v) is 11.2. The lowest BCUT2D eigenvalue weighted by atomic mass is 10.0. The van der Waals surface area contributed by atoms with Gasteiger partial charge in [0.05, 0.1) is 6.54 Å². The van der Waals surface area contributed by atoms with Crippen molar-refractivity contribution >= 4 is 47.2 Å². The fraction of sp³-hybridized carbons (Fsp3) is 0.455. The van der Waals surface area contributed by atoms with Gasteiger partial charge < -0.3 is 15.5 Å². The molecular weight excluding hydrogens is 547 g/mol. The molecule has 3 rings (SSSR count). The molecule has 2 aromatic rings. The number of rotatable bonds is 7. The number of likely N-dealkylation sites (tertiary alicyclic amines) is 1. The number of hydrogen-bond acceptors (Lipinski definition) is 4. The van der Waals surface area contributed by atoms with Crippen LogP contribution in [-0.4, -0.2) is 61.4 Å². The summed E-state index contributed by atoms with van der Waals surface area (Å²) in [7, 11) is 3.43. The van der Waals surface area contributed by atoms with E-state index in [4.69, 9.17) is 0 Å². The SMILES string of the molecule is CN(C)C(=O)CN=C(NCc1cccs1)NC1CCN(Cc2ccc(F)c(F)c2)CC1.I. The van der Waals surface area contributed by atoms with Gasteiger partial charge >= 0.3 is 0 Å². The minimum absolute atomic E-state index is 0. The molecule has 1 amide bonds. The van der Waals surface area contributed by atoms with Crippen LogP contribution in [0, 0.1) is 11.6 Å². The molecule has 32 heavy (non-hydrogen) atoms. The maximum absolute atomic E-state index is 13.4. The number of guanidine groups is 1. The number of aliphatic imine (C=N–C) groups is 1. The number of carbonyl (C=O) groups excluding carboxylic acids is 1. The van der Waals surface area contributed by atoms with Gasteiger partial charge in [0.2, 0.25) is 5.91 Å². The van der Waals surface area contributed by atoms with Crippen molar-refractivity contribution < 1.29 is 13.6 Å². The third-order valence-corrected chi connectivity index (χ3v) is 6.08. The van der Waals surface area contributed by atoms with Gasteiger partial charge in [-0.15, -0.1) is 35.3 Å². The van der Waals surface area contributed by atoms with Crippen molar-refractivity contribution in [2.45, 2.75) is 32.0 Å². The summed E-state index contributed by atoms with van der Waals surface area (Å²) < 4.78 is 26.6. The second-order valence-electron chi connectivity index (χ2n) is 7.83. The minimum Gasteiger partial charge on any atom is -0.354 e. The number of benzene rings is 1. The van der Waals surface area contributed by atoms with Gasteiger partial charge in [-0.3, -0.25) is 9.69 Å². The van der Waals surface area contributed by atoms with E-state index in [9.17, 15) is 13.6 Å². The summed E-state index contributed by atoms with van der Waals surface area (Å²) in [6, 6.07) is 8.35. The summed E-state index contributed by atoms with van der Waals surface area (Å²) in [6.07, 6.45) is 1.79. The van der Waals surface area contributed by atoms with Crippen molar-refractivity contribution in [1.82, 2.24) is 20.4 Å². The first-order valence-electron chi connectivity index (χ1n) is 10.3. The van der Waals surface area contributed by atoms with Gasteiger partial charge in [0, 0.05) is 44.6 Å². The van der Waals surface area contributed by atoms with Crippen molar-refractivity contribution in [3.63, 3.8) is 0 Å². The molecule has 0 spiro atoms. The largest absolute Gasteiger partial charge is 0.354 e. The van der Waals surface area contributed by atoms with Crippen molar-refractivity contribution in [1.29, 1.82) is 0 Å². The fourth-order valence-electron chi connectivity index (χ4n) is 3.35. The lowest BCUT2D eigenvalue weighted by molar-refractivity contribution is -0.127. The molecule has 1 aliphatic heterocycles. The average molecular weight is 577 g/mol. The molecule has 1 aliphatic rings. The summed E-state index contributed by atoms with van der Waals surface area (Å²) in [5, 5.41) is 8.79. The summed E-state index contributed by atoms with van der Waals surface area (Å²) in [4.78, 5) is 21.3. The highest BCUT2D eigenvalue weighted by Gasteiger charge is 2.21. The summed E-state index contributed by atoms with van der Waals surface area (Å²) in [5.74, 6) is -1.05. The smallest absolute Gasteiger partial charge is 0.243 e. The third-order valence-electron chi connectivity index (χ3n) is 5.20. The van der Waals surface area contributed by atoms with Gasteiger partial charge in [-0.25, -0.2) is 13.8 Å². The molecular formula is C22H30F2IN5OS. The zero-order chi connectivity index (χ0) is 22.2. The maximum Gasteiger partial charge on any atom is 0.243 e. The van der Waals surface area contributed by atoms with E-state index in [-0.39, 0.29) is 42.5 Å². The van der Waals surface area contributed by atoms with Gasteiger partial charge in [0.1, 0.15) is 6.54 Å². The van der Waals surface area contributed by atoms with Gasteiger partial charge in [-0.05, 0) is 42.0 Å². The number of halogens is 3. The zero-order valence-corrected chi connectivity index (χ0v) is 21.5. The van der Waals surface area contributed by atoms with Crippen molar-refractivity contribution in [2.24, 2.45) is 4.99 Å². The summed E-state index contributed by atoms with van der Waals surface area (Å²) in [6.45, 7) is 3.01. The quantitative estimate of drug-likeness (QED) is 0.301. The molecule has 2 heterocycles. The number of carbonyl (C=O) groups is 1. The molecule has 1 aromatic heterocycles. The molecule has 1 fully saturated rings. The lowest BCUT2D eigenvalue weighted by Crippen LogP contribution is -2.48. The topological polar surface area (TPSA) is 60.0 Å². The Morgan fingerprint density at radius 3 is 2.59 bits per heavy atom. The van der Waals surface area contributed by atoms with Crippen molar-refractivity contribution in [3.8, 4) is 0 Å². The van der Waals surface area contributed by atoms with Gasteiger partial charge in [-0.2, -0.15) is 0 Å². The molecule has 1 saturated heterocycles. The molecule has 1 aromatic carbocycles. The van der Waals surface area contributed by atoms with Crippen LogP contribution >= 0.6 is 35.3 Å². The predicted molar refractivity (Wildman–Crippen MR) is 135 cm³/mol. The molecule has 2 N–H and O–H groups in total. The Morgan fingerprint density at radius 1 is 1.22 bits per heavy atom. The van der Waals surface area contributed by atoms with Crippen LogP contribution in [0.4, 0.5) is 8.78 Å². The standard InChI is InChI=1S/C22H29F2N5OS.HI/c1-28(2)21(30)14-26-22(25-13-18-4-3-11-31-18)27-17-7-9-29(10-8-17)15-16-5-6-19(23)20(24)12-16;/h3-6,11-12,17H,7-10,13-15H2,1-2H3,(H2,25,26,27);1H. The van der Waals surface area contributed by atoms with E-state index in [1.165, 1.54) is 21.9 Å². The predicted octanol–water partition coefficient (Wildman–Crippen LogP) is 3.43. The van der Waals surface area contributed by atoms with Crippen LogP contribution in [0.2, 0.25) is 0 Å². The molecule has 6 nitrogen and oxygen atoms in total. The second-order valence-corrected chi connectivity index (χ2v) is 8.86. The molecule has 0 unspecified atom stereocenters. The highest BCUT2D eigenvalue weighted by Crippen LogP contribution is 2.16. The molecule has 0 radical (unpaired) electrons. The first-order chi connectivity index (χ1) is 14.9. The molecule has 0 bridgehead atoms. The molecule has 0 aliphatic carbocycles. The Bertz CT molecular complexity index is 886. The van der Waals surface area contributed by atoms with E-state index in [2.05, 4.69) is 26.6 Å². The van der Waals surface area contributed by atoms with E-state index in [1.807, 2.05) is 11.4 Å². The fourth-order valence-corrected chi connectivity index (χ4v) is 3.99. The molecule has 0 atom stereocenters. The summed E-state index contributed by atoms with van der Waals surface area (Å²) in [5.41, 5.74) is 0.771. The van der Waals surface area contributed by atoms with E-state index >= 15 is 0 Å². The van der Waals surface area contributed by atoms with Gasteiger partial charge in [0.25, 0.3) is 0 Å². The molecule has 10 heteroatoms. The highest BCUT2D eigenvalue weighted by molar-refractivity contribution is 14.0. The van der Waals surface area contributed by atoms with E-state index in [0.717, 1.165) is 31.5 Å². The number of piperidine rings is 1. The van der Waals surface area contributed by atoms with Gasteiger partial charge in [0.15, 0.2) is 17.6 Å². The highest BCUT2D eigenvalue weighted by atomic mass is 127. The van der Waals surface area contributed by atoms with Crippen LogP contribution in [0.1, 0.15) is 23.3 Å². The van der Waals surface area contributed by atoms with E-state index in [1.54, 1.807) is 31.5 Å². The van der Waals surface area contributed by atoms with Gasteiger partial charge in [-0.1, -0.05) is 12.1 Å². The Labute approximate surface area is 209 Å². The third kappa shape index (κ3) is 8.28. The Hall–Kier alpha value is -1.79. The maximum atomic E-state index is 13.4. The zero-order valence-electron chi connectivity index (χ0n) is 18.3. The van der Waals surface area contributed by atoms with E-state index in [0.29, 0.717) is 19.0 Å². The van der Waals surface area contributed by atoms with Crippen molar-refractivity contribution in [3.05, 3.63) is 57.8 Å². The Kier molecular flexibility index (Phi) is 10.8. The van der Waals surface area contributed by atoms with Crippen molar-refractivity contribution in [2.75, 3.05) is 33.7 Å². The number of amides is 1. The lowest BCUT2D eigenvalue weighted by Gasteiger charge is -2.33. The normalized spacial score (nSPS) is 15.2. The average Bonchev–Trinajstić information content (AvgIpc) is 3.27. The van der Waals surface area contributed by atoms with Crippen LogP contribution < -0.4 is 10.6 Å². The first kappa shape index (κ1) is 26.5. The van der Waals surface area contributed by atoms with Crippen LogP contribution in [0.15, 0.2) is 40.7 Å². The number of thiophene rings is 1. The van der Waals surface area contributed by atoms with Crippen LogP contribution in [0.5, 0.6) is 0 Å². The monoisotopic (exact) mass is 577 g/mol. The minimum atomic E-state index is -0.818. The second kappa shape index (κ2) is 13.0. The number of likely N-dealkylation sites (N-methyl/N-ethyl adjacent to an activating group) is 1. The summed E-state index contributed by atoms with van der Waals surface area (Å²) >= 11 is 1.67. The Morgan fingerprint density at radius 2 is 1.97 bits per heavy atom. The number of nitrogens with one attached hydrogen (secondary N) is 2. The molecule has 0 saturated carbocycles. The molecule has 176 valence electrons. The van der Waals surface area contributed by atoms with Crippen LogP contribution in [0.25, 0.3) is 0 Å². The van der Waals surface area contributed by atoms with E-state index < -0.39 is 11.6 Å². The number of nitrogens with zero attached hydrogens (tertiary/aromatic N) is 3. The van der Waals surface area contributed by atoms with Crippen LogP contribution in [-0.2, 0) is 17.9 Å². The Balaban J connectivity index is 0.00000363.